The molecule has 0 unspecified atom stereocenters. The van der Waals surface area contributed by atoms with E-state index in [0.29, 0.717) is 5.75 Å². The molecule has 1 saturated carbocycles. The molecule has 0 spiro atoms. The Morgan fingerprint density at radius 1 is 1.29 bits per heavy atom. The Labute approximate surface area is 80.4 Å². The van der Waals surface area contributed by atoms with Crippen molar-refractivity contribution in [3.63, 3.8) is 0 Å². The first kappa shape index (κ1) is 7.91. The van der Waals surface area contributed by atoms with E-state index < -0.39 is 5.82 Å². The third-order valence-electron chi connectivity index (χ3n) is 2.26. The molecule has 0 aromatic heterocycles. The smallest absolute Gasteiger partial charge is 0.231 e. The first-order chi connectivity index (χ1) is 6.84. The Morgan fingerprint density at radius 2 is 2.14 bits per heavy atom. The van der Waals surface area contributed by atoms with Crippen LogP contribution < -0.4 is 14.2 Å². The van der Waals surface area contributed by atoms with E-state index in [0.717, 1.165) is 12.8 Å². The zero-order valence-electron chi connectivity index (χ0n) is 7.46. The van der Waals surface area contributed by atoms with Gasteiger partial charge in [-0.05, 0) is 25.0 Å². The molecule has 1 heterocycles. The first-order valence-electron chi connectivity index (χ1n) is 4.59. The van der Waals surface area contributed by atoms with Crippen molar-refractivity contribution >= 4 is 0 Å². The van der Waals surface area contributed by atoms with Crippen LogP contribution in [0.5, 0.6) is 17.2 Å². The summed E-state index contributed by atoms with van der Waals surface area (Å²) >= 11 is 0. The van der Waals surface area contributed by atoms with Crippen molar-refractivity contribution < 1.29 is 18.6 Å². The van der Waals surface area contributed by atoms with Gasteiger partial charge in [-0.2, -0.15) is 4.39 Å². The standard InChI is InChI=1S/C10H9FO3/c11-9-7(14-6-1-2-6)3-4-8-10(9)13-5-12-8/h3-4,6H,1-2,5H2. The fraction of sp³-hybridized carbons (Fsp3) is 0.400. The Balaban J connectivity index is 1.96. The van der Waals surface area contributed by atoms with Crippen LogP contribution in [0.15, 0.2) is 12.1 Å². The van der Waals surface area contributed by atoms with Crippen LogP contribution in [0, 0.1) is 5.82 Å². The van der Waals surface area contributed by atoms with E-state index in [2.05, 4.69) is 0 Å². The molecular weight excluding hydrogens is 187 g/mol. The summed E-state index contributed by atoms with van der Waals surface area (Å²) in [6.45, 7) is 0.0825. The SMILES string of the molecule is Fc1c(OC2CC2)ccc2c1OCO2. The number of benzene rings is 1. The number of halogens is 1. The maximum atomic E-state index is 13.6. The van der Waals surface area contributed by atoms with Gasteiger partial charge in [-0.15, -0.1) is 0 Å². The lowest BCUT2D eigenvalue weighted by Gasteiger charge is -2.06. The molecule has 1 fully saturated rings. The normalized spacial score (nSPS) is 18.4. The molecule has 2 aliphatic rings. The van der Waals surface area contributed by atoms with Crippen molar-refractivity contribution in [2.75, 3.05) is 6.79 Å². The van der Waals surface area contributed by atoms with Gasteiger partial charge in [0.1, 0.15) is 0 Å². The number of hydrogen-bond donors (Lipinski definition) is 0. The molecule has 1 aromatic rings. The van der Waals surface area contributed by atoms with Crippen molar-refractivity contribution in [3.05, 3.63) is 17.9 Å². The lowest BCUT2D eigenvalue weighted by Crippen LogP contribution is -1.99. The molecule has 74 valence electrons. The maximum Gasteiger partial charge on any atom is 0.231 e. The van der Waals surface area contributed by atoms with Crippen LogP contribution in [-0.4, -0.2) is 12.9 Å². The van der Waals surface area contributed by atoms with E-state index in [1.54, 1.807) is 12.1 Å². The monoisotopic (exact) mass is 196 g/mol. The maximum absolute atomic E-state index is 13.6. The van der Waals surface area contributed by atoms with Crippen LogP contribution >= 0.6 is 0 Å². The number of hydrogen-bond acceptors (Lipinski definition) is 3. The zero-order chi connectivity index (χ0) is 9.54. The highest BCUT2D eigenvalue weighted by molar-refractivity contribution is 5.48. The second kappa shape index (κ2) is 2.77. The predicted molar refractivity (Wildman–Crippen MR) is 46.2 cm³/mol. The van der Waals surface area contributed by atoms with E-state index >= 15 is 0 Å². The van der Waals surface area contributed by atoms with Crippen molar-refractivity contribution in [2.45, 2.75) is 18.9 Å². The number of ether oxygens (including phenoxy) is 3. The molecule has 4 heteroatoms. The molecule has 0 amide bonds. The molecule has 0 atom stereocenters. The van der Waals surface area contributed by atoms with Gasteiger partial charge in [0, 0.05) is 0 Å². The van der Waals surface area contributed by atoms with Gasteiger partial charge in [0.2, 0.25) is 18.4 Å². The lowest BCUT2D eigenvalue weighted by molar-refractivity contribution is 0.170. The van der Waals surface area contributed by atoms with Gasteiger partial charge in [0.05, 0.1) is 6.10 Å². The molecule has 14 heavy (non-hydrogen) atoms. The predicted octanol–water partition coefficient (Wildman–Crippen LogP) is 2.10. The summed E-state index contributed by atoms with van der Waals surface area (Å²) in [5.41, 5.74) is 0. The van der Waals surface area contributed by atoms with Gasteiger partial charge in [-0.1, -0.05) is 0 Å². The molecule has 3 nitrogen and oxygen atoms in total. The van der Waals surface area contributed by atoms with Crippen LogP contribution in [-0.2, 0) is 0 Å². The fourth-order valence-electron chi connectivity index (χ4n) is 1.38. The average Bonchev–Trinajstić information content (AvgIpc) is 2.85. The number of rotatable bonds is 2. The van der Waals surface area contributed by atoms with Gasteiger partial charge in [-0.3, -0.25) is 0 Å². The summed E-state index contributed by atoms with van der Waals surface area (Å²) in [6.07, 6.45) is 2.20. The van der Waals surface area contributed by atoms with Crippen LogP contribution in [0.2, 0.25) is 0 Å². The van der Waals surface area contributed by atoms with Crippen molar-refractivity contribution in [1.29, 1.82) is 0 Å². The largest absolute Gasteiger partial charge is 0.487 e. The summed E-state index contributed by atoms with van der Waals surface area (Å²) in [4.78, 5) is 0. The molecule has 0 bridgehead atoms. The van der Waals surface area contributed by atoms with Gasteiger partial charge in [0.15, 0.2) is 11.5 Å². The molecule has 0 radical (unpaired) electrons. The highest BCUT2D eigenvalue weighted by atomic mass is 19.1. The first-order valence-corrected chi connectivity index (χ1v) is 4.59. The molecule has 1 aliphatic heterocycles. The van der Waals surface area contributed by atoms with Gasteiger partial charge in [-0.25, -0.2) is 0 Å². The Hall–Kier alpha value is -1.45. The minimum absolute atomic E-state index is 0.0825. The summed E-state index contributed by atoms with van der Waals surface area (Å²) in [7, 11) is 0. The third-order valence-corrected chi connectivity index (χ3v) is 2.26. The van der Waals surface area contributed by atoms with E-state index in [1.807, 2.05) is 0 Å². The quantitative estimate of drug-likeness (QED) is 0.724. The van der Waals surface area contributed by atoms with Gasteiger partial charge < -0.3 is 14.2 Å². The lowest BCUT2D eigenvalue weighted by atomic mass is 10.3. The summed E-state index contributed by atoms with van der Waals surface area (Å²) in [5, 5.41) is 0. The van der Waals surface area contributed by atoms with E-state index in [9.17, 15) is 4.39 Å². The molecule has 3 rings (SSSR count). The van der Waals surface area contributed by atoms with E-state index in [4.69, 9.17) is 14.2 Å². The number of fused-ring (bicyclic) bond motifs is 1. The minimum Gasteiger partial charge on any atom is -0.487 e. The summed E-state index contributed by atoms with van der Waals surface area (Å²) in [5.74, 6) is 0.428. The zero-order valence-corrected chi connectivity index (χ0v) is 7.46. The molecule has 0 saturated heterocycles. The highest BCUT2D eigenvalue weighted by Gasteiger charge is 2.28. The summed E-state index contributed by atoms with van der Waals surface area (Å²) in [6, 6.07) is 3.25. The van der Waals surface area contributed by atoms with Crippen molar-refractivity contribution in [1.82, 2.24) is 0 Å². The third kappa shape index (κ3) is 1.18. The highest BCUT2D eigenvalue weighted by Crippen LogP contribution is 2.40. The fourth-order valence-corrected chi connectivity index (χ4v) is 1.38. The Bertz CT molecular complexity index is 374. The van der Waals surface area contributed by atoms with Crippen LogP contribution in [0.25, 0.3) is 0 Å². The van der Waals surface area contributed by atoms with Crippen molar-refractivity contribution in [2.24, 2.45) is 0 Å². The van der Waals surface area contributed by atoms with Gasteiger partial charge in [0.25, 0.3) is 0 Å². The van der Waals surface area contributed by atoms with Crippen LogP contribution in [0.4, 0.5) is 4.39 Å². The van der Waals surface area contributed by atoms with E-state index in [-0.39, 0.29) is 24.4 Å². The average molecular weight is 196 g/mol. The second-order valence-electron chi connectivity index (χ2n) is 3.43. The van der Waals surface area contributed by atoms with Gasteiger partial charge >= 0.3 is 0 Å². The second-order valence-corrected chi connectivity index (χ2v) is 3.43. The Morgan fingerprint density at radius 3 is 2.93 bits per heavy atom. The Kier molecular flexibility index (Phi) is 1.56. The van der Waals surface area contributed by atoms with E-state index in [1.165, 1.54) is 0 Å². The van der Waals surface area contributed by atoms with Crippen LogP contribution in [0.3, 0.4) is 0 Å². The van der Waals surface area contributed by atoms with Crippen molar-refractivity contribution in [3.8, 4) is 17.2 Å². The molecule has 1 aliphatic carbocycles. The summed E-state index contributed by atoms with van der Waals surface area (Å²) < 4.78 is 29.0. The molecular formula is C10H9FO3. The molecule has 0 N–H and O–H groups in total. The minimum atomic E-state index is -0.452. The molecule has 1 aromatic carbocycles. The topological polar surface area (TPSA) is 27.7 Å². The van der Waals surface area contributed by atoms with Crippen LogP contribution in [0.1, 0.15) is 12.8 Å².